The number of aliphatic hydroxyl groups is 1. The van der Waals surface area contributed by atoms with Crippen LogP contribution >= 0.6 is 0 Å². The van der Waals surface area contributed by atoms with Gasteiger partial charge in [-0.25, -0.2) is 14.4 Å². The van der Waals surface area contributed by atoms with E-state index in [1.807, 2.05) is 0 Å². The van der Waals surface area contributed by atoms with Gasteiger partial charge in [0.25, 0.3) is 5.91 Å². The van der Waals surface area contributed by atoms with Crippen LogP contribution in [0.5, 0.6) is 0 Å². The van der Waals surface area contributed by atoms with Crippen molar-refractivity contribution in [2.75, 3.05) is 32.6 Å². The molecule has 1 saturated heterocycles. The SMILES string of the molecule is CS(=O)c1cn(-c2ncc(-c3ccccc3F)cn2)c2cc(C(=O)N3CCO[C@H](CO)C3)ccc12. The lowest BCUT2D eigenvalue weighted by molar-refractivity contribution is -0.0447. The number of carbonyl (C=O) groups is 1. The second-order valence-electron chi connectivity index (χ2n) is 8.23. The highest BCUT2D eigenvalue weighted by molar-refractivity contribution is 7.84. The first-order chi connectivity index (χ1) is 17.0. The number of nitrogens with zero attached hydrogens (tertiary/aromatic N) is 4. The van der Waals surface area contributed by atoms with Crippen molar-refractivity contribution in [3.8, 4) is 17.1 Å². The molecule has 35 heavy (non-hydrogen) atoms. The lowest BCUT2D eigenvalue weighted by Crippen LogP contribution is -2.46. The maximum atomic E-state index is 14.2. The van der Waals surface area contributed by atoms with Crippen molar-refractivity contribution in [2.45, 2.75) is 11.0 Å². The smallest absolute Gasteiger partial charge is 0.254 e. The third-order valence-electron chi connectivity index (χ3n) is 5.99. The summed E-state index contributed by atoms with van der Waals surface area (Å²) in [6.07, 6.45) is 5.95. The van der Waals surface area contributed by atoms with Crippen molar-refractivity contribution < 1.29 is 23.2 Å². The van der Waals surface area contributed by atoms with Crippen LogP contribution in [0.15, 0.2) is 66.0 Å². The lowest BCUT2D eigenvalue weighted by Gasteiger charge is -2.32. The molecule has 0 radical (unpaired) electrons. The highest BCUT2D eigenvalue weighted by Gasteiger charge is 2.25. The van der Waals surface area contributed by atoms with E-state index in [0.29, 0.717) is 52.7 Å². The van der Waals surface area contributed by atoms with Crippen LogP contribution in [-0.4, -0.2) is 73.3 Å². The Labute approximate surface area is 203 Å². The van der Waals surface area contributed by atoms with Crippen molar-refractivity contribution in [1.29, 1.82) is 0 Å². The van der Waals surface area contributed by atoms with Gasteiger partial charge in [-0.05, 0) is 18.2 Å². The highest BCUT2D eigenvalue weighted by Crippen LogP contribution is 2.28. The summed E-state index contributed by atoms with van der Waals surface area (Å²) in [5.41, 5.74) is 2.01. The monoisotopic (exact) mass is 494 g/mol. The Morgan fingerprint density at radius 2 is 2.00 bits per heavy atom. The number of ether oxygens (including phenoxy) is 1. The van der Waals surface area contributed by atoms with Gasteiger partial charge in [-0.1, -0.05) is 24.3 Å². The Balaban J connectivity index is 1.54. The van der Waals surface area contributed by atoms with Crippen molar-refractivity contribution in [1.82, 2.24) is 19.4 Å². The van der Waals surface area contributed by atoms with E-state index in [1.54, 1.807) is 58.3 Å². The number of hydrogen-bond acceptors (Lipinski definition) is 6. The van der Waals surface area contributed by atoms with Gasteiger partial charge in [-0.3, -0.25) is 13.6 Å². The van der Waals surface area contributed by atoms with Crippen LogP contribution in [0, 0.1) is 5.82 Å². The number of carbonyl (C=O) groups excluding carboxylic acids is 1. The number of benzene rings is 2. The normalized spacial score (nSPS) is 17.0. The highest BCUT2D eigenvalue weighted by atomic mass is 32.2. The van der Waals surface area contributed by atoms with Gasteiger partial charge in [0.2, 0.25) is 5.95 Å². The minimum atomic E-state index is -1.29. The average molecular weight is 495 g/mol. The van der Waals surface area contributed by atoms with Crippen LogP contribution in [-0.2, 0) is 15.5 Å². The van der Waals surface area contributed by atoms with Crippen LogP contribution in [0.4, 0.5) is 4.39 Å². The maximum Gasteiger partial charge on any atom is 0.254 e. The van der Waals surface area contributed by atoms with Crippen LogP contribution in [0.1, 0.15) is 10.4 Å². The molecule has 0 spiro atoms. The van der Waals surface area contributed by atoms with E-state index in [-0.39, 0.29) is 18.3 Å². The quantitative estimate of drug-likeness (QED) is 0.458. The minimum Gasteiger partial charge on any atom is -0.394 e. The Kier molecular flexibility index (Phi) is 6.42. The van der Waals surface area contributed by atoms with E-state index in [1.165, 1.54) is 18.5 Å². The molecule has 8 nitrogen and oxygen atoms in total. The Morgan fingerprint density at radius 1 is 1.23 bits per heavy atom. The van der Waals surface area contributed by atoms with Crippen molar-refractivity contribution in [3.05, 3.63) is 72.4 Å². The molecule has 2 aromatic heterocycles. The third kappa shape index (κ3) is 4.47. The molecule has 2 atom stereocenters. The van der Waals surface area contributed by atoms with Crippen LogP contribution in [0.3, 0.4) is 0 Å². The zero-order valence-corrected chi connectivity index (χ0v) is 19.7. The second kappa shape index (κ2) is 9.65. The number of rotatable bonds is 5. The average Bonchev–Trinajstić information content (AvgIpc) is 3.28. The molecule has 2 aromatic carbocycles. The molecule has 1 amide bonds. The fraction of sp³-hybridized carbons (Fsp3) is 0.240. The predicted molar refractivity (Wildman–Crippen MR) is 129 cm³/mol. The summed E-state index contributed by atoms with van der Waals surface area (Å²) in [5, 5.41) is 10.1. The zero-order chi connectivity index (χ0) is 24.5. The van der Waals surface area contributed by atoms with Gasteiger partial charge in [-0.15, -0.1) is 0 Å². The van der Waals surface area contributed by atoms with Crippen molar-refractivity contribution in [3.63, 3.8) is 0 Å². The van der Waals surface area contributed by atoms with E-state index in [4.69, 9.17) is 4.74 Å². The molecule has 3 heterocycles. The molecule has 10 heteroatoms. The zero-order valence-electron chi connectivity index (χ0n) is 18.9. The van der Waals surface area contributed by atoms with Gasteiger partial charge < -0.3 is 14.7 Å². The summed E-state index contributed by atoms with van der Waals surface area (Å²) in [6.45, 7) is 0.937. The molecule has 0 saturated carbocycles. The van der Waals surface area contributed by atoms with Gasteiger partial charge >= 0.3 is 0 Å². The molecular weight excluding hydrogens is 471 g/mol. The molecule has 1 aliphatic heterocycles. The lowest BCUT2D eigenvalue weighted by atomic mass is 10.1. The first kappa shape index (κ1) is 23.3. The Bertz CT molecular complexity index is 1420. The molecule has 0 aliphatic carbocycles. The van der Waals surface area contributed by atoms with Gasteiger partial charge in [0.15, 0.2) is 0 Å². The summed E-state index contributed by atoms with van der Waals surface area (Å²) in [4.78, 5) is 24.3. The van der Waals surface area contributed by atoms with Gasteiger partial charge in [0, 0.05) is 60.0 Å². The van der Waals surface area contributed by atoms with Crippen molar-refractivity contribution >= 4 is 27.6 Å². The maximum absolute atomic E-state index is 14.2. The third-order valence-corrected chi connectivity index (χ3v) is 6.94. The molecule has 1 fully saturated rings. The largest absolute Gasteiger partial charge is 0.394 e. The van der Waals surface area contributed by atoms with Gasteiger partial charge in [0.05, 0.1) is 40.5 Å². The van der Waals surface area contributed by atoms with Crippen LogP contribution in [0.2, 0.25) is 0 Å². The van der Waals surface area contributed by atoms with E-state index in [9.17, 15) is 18.5 Å². The fourth-order valence-corrected chi connectivity index (χ4v) is 4.94. The van der Waals surface area contributed by atoms with Crippen LogP contribution < -0.4 is 0 Å². The van der Waals surface area contributed by atoms with Gasteiger partial charge in [-0.2, -0.15) is 0 Å². The number of halogens is 1. The van der Waals surface area contributed by atoms with E-state index >= 15 is 0 Å². The molecule has 1 N–H and O–H groups in total. The summed E-state index contributed by atoms with van der Waals surface area (Å²) >= 11 is 0. The number of hydrogen-bond donors (Lipinski definition) is 1. The first-order valence-electron chi connectivity index (χ1n) is 11.0. The minimum absolute atomic E-state index is 0.155. The number of fused-ring (bicyclic) bond motifs is 1. The number of amides is 1. The fourth-order valence-electron chi connectivity index (χ4n) is 4.20. The van der Waals surface area contributed by atoms with E-state index < -0.39 is 16.9 Å². The molecular formula is C25H23FN4O4S. The molecule has 180 valence electrons. The standard InChI is InChI=1S/C25H23FN4O4S/c1-35(33)23-14-30(25-27-11-17(12-28-25)19-4-2-3-5-21(19)26)22-10-16(6-7-20(22)23)24(32)29-8-9-34-18(13-29)15-31/h2-7,10-12,14,18,31H,8-9,13,15H2,1H3/t18-,35?/m0/s1. The Hall–Kier alpha value is -3.47. The molecule has 5 rings (SSSR count). The Morgan fingerprint density at radius 3 is 2.71 bits per heavy atom. The summed E-state index contributed by atoms with van der Waals surface area (Å²) in [6, 6.07) is 11.6. The molecule has 1 unspecified atom stereocenters. The number of aromatic nitrogens is 3. The molecule has 1 aliphatic rings. The number of aliphatic hydroxyl groups excluding tert-OH is 1. The summed E-state index contributed by atoms with van der Waals surface area (Å²) in [7, 11) is -1.29. The van der Waals surface area contributed by atoms with Crippen molar-refractivity contribution in [2.24, 2.45) is 0 Å². The predicted octanol–water partition coefficient (Wildman–Crippen LogP) is 2.80. The summed E-state index contributed by atoms with van der Waals surface area (Å²) < 4.78 is 33.7. The number of morpholine rings is 1. The summed E-state index contributed by atoms with van der Waals surface area (Å²) in [5.74, 6) is -0.242. The van der Waals surface area contributed by atoms with E-state index in [2.05, 4.69) is 9.97 Å². The first-order valence-corrected chi connectivity index (χ1v) is 12.6. The van der Waals surface area contributed by atoms with Gasteiger partial charge in [0.1, 0.15) is 5.82 Å². The molecule has 0 bridgehead atoms. The second-order valence-corrected chi connectivity index (χ2v) is 9.58. The van der Waals surface area contributed by atoms with Crippen LogP contribution in [0.25, 0.3) is 28.0 Å². The topological polar surface area (TPSA) is 97.5 Å². The van der Waals surface area contributed by atoms with E-state index in [0.717, 1.165) is 5.39 Å². The molecule has 4 aromatic rings.